The molecule has 0 heterocycles. The van der Waals surface area contributed by atoms with Crippen molar-refractivity contribution in [2.45, 2.75) is 44.2 Å². The largest absolute Gasteiger partial charge is 0.385 e. The first-order chi connectivity index (χ1) is 8.81. The van der Waals surface area contributed by atoms with E-state index >= 15 is 0 Å². The van der Waals surface area contributed by atoms with Crippen molar-refractivity contribution >= 4 is 0 Å². The number of ether oxygens (including phenoxy) is 2. The molecule has 0 atom stereocenters. The molecule has 108 valence electrons. The van der Waals surface area contributed by atoms with E-state index < -0.39 is 0 Å². The lowest BCUT2D eigenvalue weighted by Gasteiger charge is -2.36. The Bertz CT molecular complexity index is 194. The van der Waals surface area contributed by atoms with Gasteiger partial charge in [-0.25, -0.2) is 0 Å². The van der Waals surface area contributed by atoms with E-state index in [0.717, 1.165) is 44.8 Å². The second-order valence-corrected chi connectivity index (χ2v) is 5.17. The first-order valence-electron chi connectivity index (χ1n) is 7.21. The molecule has 0 aromatic rings. The minimum atomic E-state index is 0.726. The van der Waals surface area contributed by atoms with E-state index in [2.05, 4.69) is 17.3 Å². The second-order valence-electron chi connectivity index (χ2n) is 5.17. The van der Waals surface area contributed by atoms with Crippen LogP contribution in [0.1, 0.15) is 32.1 Å². The van der Waals surface area contributed by atoms with Crippen molar-refractivity contribution in [1.82, 2.24) is 10.2 Å². The van der Waals surface area contributed by atoms with Gasteiger partial charge in [-0.2, -0.15) is 0 Å². The molecule has 0 aliphatic heterocycles. The highest BCUT2D eigenvalue weighted by Crippen LogP contribution is 2.23. The summed E-state index contributed by atoms with van der Waals surface area (Å²) in [5, 5.41) is 3.40. The van der Waals surface area contributed by atoms with E-state index in [0.29, 0.717) is 0 Å². The molecule has 0 spiro atoms. The Balaban J connectivity index is 2.33. The Morgan fingerprint density at radius 2 is 1.67 bits per heavy atom. The molecule has 1 aliphatic rings. The molecule has 0 aromatic carbocycles. The fourth-order valence-corrected chi connectivity index (χ4v) is 2.83. The second kappa shape index (κ2) is 9.73. The van der Waals surface area contributed by atoms with Crippen LogP contribution >= 0.6 is 0 Å². The van der Waals surface area contributed by atoms with Crippen LogP contribution in [0.2, 0.25) is 0 Å². The van der Waals surface area contributed by atoms with Crippen LogP contribution in [0.4, 0.5) is 0 Å². The predicted octanol–water partition coefficient (Wildman–Crippen LogP) is 1.50. The maximum Gasteiger partial charge on any atom is 0.0589 e. The maximum absolute atomic E-state index is 5.23. The van der Waals surface area contributed by atoms with Crippen LogP contribution in [0.25, 0.3) is 0 Å². The van der Waals surface area contributed by atoms with Gasteiger partial charge in [-0.1, -0.05) is 0 Å². The van der Waals surface area contributed by atoms with Gasteiger partial charge < -0.3 is 14.8 Å². The standard InChI is InChI=1S/C14H30N2O2/c1-15-13-5-7-14(8-6-13)16(10-12-18-3)9-4-11-17-2/h13-15H,4-12H2,1-3H3. The molecule has 1 saturated carbocycles. The molecule has 4 nitrogen and oxygen atoms in total. The van der Waals surface area contributed by atoms with Crippen molar-refractivity contribution in [2.24, 2.45) is 0 Å². The first kappa shape index (κ1) is 15.9. The van der Waals surface area contributed by atoms with Gasteiger partial charge in [-0.15, -0.1) is 0 Å². The average Bonchev–Trinajstić information content (AvgIpc) is 2.43. The maximum atomic E-state index is 5.23. The quantitative estimate of drug-likeness (QED) is 0.636. The molecule has 0 unspecified atom stereocenters. The highest BCUT2D eigenvalue weighted by Gasteiger charge is 2.24. The zero-order chi connectivity index (χ0) is 13.2. The van der Waals surface area contributed by atoms with E-state index in [1.54, 1.807) is 14.2 Å². The van der Waals surface area contributed by atoms with Crippen LogP contribution in [0, 0.1) is 0 Å². The molecule has 0 radical (unpaired) electrons. The van der Waals surface area contributed by atoms with Crippen molar-refractivity contribution in [1.29, 1.82) is 0 Å². The van der Waals surface area contributed by atoms with Crippen LogP contribution in [0.3, 0.4) is 0 Å². The summed E-state index contributed by atoms with van der Waals surface area (Å²) in [4.78, 5) is 2.59. The molecule has 1 fully saturated rings. The molecular formula is C14H30N2O2. The minimum Gasteiger partial charge on any atom is -0.385 e. The summed E-state index contributed by atoms with van der Waals surface area (Å²) in [6, 6.07) is 1.46. The fourth-order valence-electron chi connectivity index (χ4n) is 2.83. The zero-order valence-corrected chi connectivity index (χ0v) is 12.3. The molecule has 0 saturated heterocycles. The Kier molecular flexibility index (Phi) is 8.59. The molecule has 1 aliphatic carbocycles. The summed E-state index contributed by atoms with van der Waals surface area (Å²) >= 11 is 0. The Hall–Kier alpha value is -0.160. The topological polar surface area (TPSA) is 33.7 Å². The summed E-state index contributed by atoms with van der Waals surface area (Å²) in [6.45, 7) is 3.87. The van der Waals surface area contributed by atoms with E-state index in [1.807, 2.05) is 0 Å². The van der Waals surface area contributed by atoms with Gasteiger partial charge in [0, 0.05) is 46.0 Å². The Labute approximate surface area is 112 Å². The monoisotopic (exact) mass is 258 g/mol. The molecular weight excluding hydrogens is 228 g/mol. The van der Waals surface area contributed by atoms with E-state index in [9.17, 15) is 0 Å². The van der Waals surface area contributed by atoms with Gasteiger partial charge in [0.05, 0.1) is 6.61 Å². The number of nitrogens with zero attached hydrogens (tertiary/aromatic N) is 1. The molecule has 4 heteroatoms. The van der Waals surface area contributed by atoms with E-state index in [4.69, 9.17) is 9.47 Å². The predicted molar refractivity (Wildman–Crippen MR) is 75.0 cm³/mol. The molecule has 0 bridgehead atoms. The Morgan fingerprint density at radius 3 is 2.22 bits per heavy atom. The molecule has 0 amide bonds. The van der Waals surface area contributed by atoms with Gasteiger partial charge in [0.25, 0.3) is 0 Å². The van der Waals surface area contributed by atoms with Gasteiger partial charge in [-0.05, 0) is 39.2 Å². The number of hydrogen-bond acceptors (Lipinski definition) is 4. The van der Waals surface area contributed by atoms with Crippen molar-refractivity contribution in [2.75, 3.05) is 47.6 Å². The van der Waals surface area contributed by atoms with Crippen molar-refractivity contribution in [3.05, 3.63) is 0 Å². The molecule has 1 rings (SSSR count). The summed E-state index contributed by atoms with van der Waals surface area (Å²) in [5.74, 6) is 0. The van der Waals surface area contributed by atoms with Crippen LogP contribution in [0.15, 0.2) is 0 Å². The van der Waals surface area contributed by atoms with Crippen LogP contribution in [-0.2, 0) is 9.47 Å². The summed E-state index contributed by atoms with van der Waals surface area (Å²) in [5.41, 5.74) is 0. The third-order valence-electron chi connectivity index (χ3n) is 4.00. The number of methoxy groups -OCH3 is 2. The third-order valence-corrected chi connectivity index (χ3v) is 4.00. The lowest BCUT2D eigenvalue weighted by atomic mass is 9.90. The van der Waals surface area contributed by atoms with Gasteiger partial charge in [0.2, 0.25) is 0 Å². The summed E-state index contributed by atoms with van der Waals surface area (Å²) in [7, 11) is 5.63. The fraction of sp³-hybridized carbons (Fsp3) is 1.00. The van der Waals surface area contributed by atoms with E-state index in [-0.39, 0.29) is 0 Å². The summed E-state index contributed by atoms with van der Waals surface area (Å²) in [6.07, 6.45) is 6.33. The SMILES string of the molecule is CNC1CCC(N(CCCOC)CCOC)CC1. The van der Waals surface area contributed by atoms with Gasteiger partial charge in [0.1, 0.15) is 0 Å². The van der Waals surface area contributed by atoms with Crippen molar-refractivity contribution < 1.29 is 9.47 Å². The highest BCUT2D eigenvalue weighted by atomic mass is 16.5. The third kappa shape index (κ3) is 5.65. The van der Waals surface area contributed by atoms with Gasteiger partial charge in [0.15, 0.2) is 0 Å². The normalized spacial score (nSPS) is 24.7. The highest BCUT2D eigenvalue weighted by molar-refractivity contribution is 4.82. The zero-order valence-electron chi connectivity index (χ0n) is 12.3. The lowest BCUT2D eigenvalue weighted by molar-refractivity contribution is 0.0867. The van der Waals surface area contributed by atoms with Crippen molar-refractivity contribution in [3.8, 4) is 0 Å². The van der Waals surface area contributed by atoms with Crippen LogP contribution in [-0.4, -0.2) is 64.6 Å². The molecule has 18 heavy (non-hydrogen) atoms. The molecule has 0 aromatic heterocycles. The number of hydrogen-bond donors (Lipinski definition) is 1. The van der Waals surface area contributed by atoms with Crippen molar-refractivity contribution in [3.63, 3.8) is 0 Å². The molecule has 1 N–H and O–H groups in total. The number of rotatable bonds is 9. The lowest BCUT2D eigenvalue weighted by Crippen LogP contribution is -2.43. The summed E-state index contributed by atoms with van der Waals surface area (Å²) < 4.78 is 10.4. The average molecular weight is 258 g/mol. The smallest absolute Gasteiger partial charge is 0.0589 e. The van der Waals surface area contributed by atoms with Crippen LogP contribution in [0.5, 0.6) is 0 Å². The van der Waals surface area contributed by atoms with Gasteiger partial charge >= 0.3 is 0 Å². The van der Waals surface area contributed by atoms with Crippen LogP contribution < -0.4 is 5.32 Å². The van der Waals surface area contributed by atoms with Gasteiger partial charge in [-0.3, -0.25) is 4.90 Å². The minimum absolute atomic E-state index is 0.726. The number of nitrogens with one attached hydrogen (secondary N) is 1. The first-order valence-corrected chi connectivity index (χ1v) is 7.21. The Morgan fingerprint density at radius 1 is 1.00 bits per heavy atom. The van der Waals surface area contributed by atoms with E-state index in [1.165, 1.54) is 25.7 Å².